The van der Waals surface area contributed by atoms with Crippen molar-refractivity contribution in [3.63, 3.8) is 0 Å². The first kappa shape index (κ1) is 12.4. The first-order valence-corrected chi connectivity index (χ1v) is 5.41. The Hall–Kier alpha value is -2.08. The highest BCUT2D eigenvalue weighted by molar-refractivity contribution is 6.34. The highest BCUT2D eigenvalue weighted by Crippen LogP contribution is 2.47. The van der Waals surface area contributed by atoms with E-state index in [9.17, 15) is 5.11 Å². The molecule has 0 aliphatic carbocycles. The van der Waals surface area contributed by atoms with Gasteiger partial charge in [0, 0.05) is 12.1 Å². The molecule has 0 bridgehead atoms. The van der Waals surface area contributed by atoms with Gasteiger partial charge in [-0.25, -0.2) is 0 Å². The van der Waals surface area contributed by atoms with Crippen molar-refractivity contribution in [2.75, 3.05) is 20.0 Å². The zero-order valence-electron chi connectivity index (χ0n) is 9.82. The van der Waals surface area contributed by atoms with Crippen molar-refractivity contribution in [3.05, 3.63) is 17.2 Å². The highest BCUT2D eigenvalue weighted by Gasteiger charge is 2.20. The van der Waals surface area contributed by atoms with Crippen LogP contribution in [0.1, 0.15) is 0 Å². The van der Waals surface area contributed by atoms with Gasteiger partial charge >= 0.3 is 0 Å². The van der Waals surface area contributed by atoms with Gasteiger partial charge < -0.3 is 20.3 Å². The monoisotopic (exact) mass is 269 g/mol. The summed E-state index contributed by atoms with van der Waals surface area (Å²) < 4.78 is 10.2. The van der Waals surface area contributed by atoms with Gasteiger partial charge in [-0.1, -0.05) is 11.6 Å². The van der Waals surface area contributed by atoms with Gasteiger partial charge in [-0.05, 0) is 0 Å². The number of benzene rings is 1. The molecule has 0 saturated heterocycles. The second-order valence-corrected chi connectivity index (χ2v) is 3.93. The lowest BCUT2D eigenvalue weighted by atomic mass is 10.1. The van der Waals surface area contributed by atoms with Crippen molar-refractivity contribution in [3.8, 4) is 28.5 Å². The van der Waals surface area contributed by atoms with Crippen LogP contribution in [0.5, 0.6) is 17.2 Å². The number of H-pyrrole nitrogens is 1. The summed E-state index contributed by atoms with van der Waals surface area (Å²) in [6.07, 6.45) is 0. The topological polar surface area (TPSA) is 93.4 Å². The van der Waals surface area contributed by atoms with Crippen molar-refractivity contribution in [1.29, 1.82) is 0 Å². The minimum atomic E-state index is -0.134. The van der Waals surface area contributed by atoms with Crippen LogP contribution >= 0.6 is 11.6 Å². The molecule has 0 spiro atoms. The van der Waals surface area contributed by atoms with Gasteiger partial charge in [-0.15, -0.1) is 0 Å². The number of aromatic hydroxyl groups is 1. The average Bonchev–Trinajstić information content (AvgIpc) is 2.75. The third-order valence-electron chi connectivity index (χ3n) is 2.46. The molecule has 0 aliphatic rings. The summed E-state index contributed by atoms with van der Waals surface area (Å²) in [5.74, 6) is 0.710. The standard InChI is InChI=1S/C11H12ClN3O3/c1-17-7-3-5(12)9(10(16)11(7)18-2)6-4-8(13)15-14-6/h3-4,16H,1-2H3,(H3,13,14,15). The maximum Gasteiger partial charge on any atom is 0.203 e. The van der Waals surface area contributed by atoms with Crippen LogP contribution < -0.4 is 15.2 Å². The lowest BCUT2D eigenvalue weighted by Gasteiger charge is -2.13. The van der Waals surface area contributed by atoms with E-state index in [0.717, 1.165) is 0 Å². The SMILES string of the molecule is COc1cc(Cl)c(-c2cc(N)n[nH]2)c(O)c1OC. The highest BCUT2D eigenvalue weighted by atomic mass is 35.5. The van der Waals surface area contributed by atoms with Gasteiger partial charge in [0.15, 0.2) is 11.5 Å². The predicted octanol–water partition coefficient (Wildman–Crippen LogP) is 2.04. The number of halogens is 1. The molecule has 6 nitrogen and oxygen atoms in total. The fourth-order valence-electron chi connectivity index (χ4n) is 1.67. The summed E-state index contributed by atoms with van der Waals surface area (Å²) >= 11 is 6.10. The molecule has 0 unspecified atom stereocenters. The maximum atomic E-state index is 10.2. The number of phenolic OH excluding ortho intramolecular Hbond substituents is 1. The molecular weight excluding hydrogens is 258 g/mol. The summed E-state index contributed by atoms with van der Waals surface area (Å²) in [6.45, 7) is 0. The van der Waals surface area contributed by atoms with Gasteiger partial charge in [0.1, 0.15) is 5.82 Å². The second kappa shape index (κ2) is 4.66. The number of nitrogens with two attached hydrogens (primary N) is 1. The lowest BCUT2D eigenvalue weighted by Crippen LogP contribution is -1.93. The summed E-state index contributed by atoms with van der Waals surface area (Å²) in [6, 6.07) is 3.11. The quantitative estimate of drug-likeness (QED) is 0.793. The van der Waals surface area contributed by atoms with Crippen LogP contribution in [0, 0.1) is 0 Å². The van der Waals surface area contributed by atoms with Gasteiger partial charge in [-0.3, -0.25) is 5.10 Å². The van der Waals surface area contributed by atoms with E-state index < -0.39 is 0 Å². The van der Waals surface area contributed by atoms with E-state index in [0.29, 0.717) is 27.8 Å². The van der Waals surface area contributed by atoms with Crippen LogP contribution in [-0.2, 0) is 0 Å². The molecule has 1 heterocycles. The van der Waals surface area contributed by atoms with Gasteiger partial charge in [-0.2, -0.15) is 5.10 Å². The Labute approximate surface area is 108 Å². The van der Waals surface area contributed by atoms with Gasteiger partial charge in [0.05, 0.1) is 30.5 Å². The number of phenols is 1. The molecule has 1 aromatic carbocycles. The smallest absolute Gasteiger partial charge is 0.203 e. The molecule has 0 fully saturated rings. The molecular formula is C11H12ClN3O3. The Morgan fingerprint density at radius 3 is 2.56 bits per heavy atom. The number of nitrogen functional groups attached to an aromatic ring is 1. The fraction of sp³-hybridized carbons (Fsp3) is 0.182. The van der Waals surface area contributed by atoms with Crippen molar-refractivity contribution in [2.45, 2.75) is 0 Å². The van der Waals surface area contributed by atoms with E-state index in [1.54, 1.807) is 12.1 Å². The molecule has 2 rings (SSSR count). The molecule has 0 aliphatic heterocycles. The number of ether oxygens (including phenoxy) is 2. The molecule has 2 aromatic rings. The Balaban J connectivity index is 2.68. The first-order valence-electron chi connectivity index (χ1n) is 5.03. The van der Waals surface area contributed by atoms with Crippen LogP contribution in [0.25, 0.3) is 11.3 Å². The lowest BCUT2D eigenvalue weighted by molar-refractivity contribution is 0.334. The molecule has 0 atom stereocenters. The molecule has 4 N–H and O–H groups in total. The van der Waals surface area contributed by atoms with E-state index in [2.05, 4.69) is 10.2 Å². The van der Waals surface area contributed by atoms with Crippen LogP contribution in [-0.4, -0.2) is 29.5 Å². The first-order chi connectivity index (χ1) is 8.58. The average molecular weight is 270 g/mol. The van der Waals surface area contributed by atoms with E-state index in [-0.39, 0.29) is 11.5 Å². The van der Waals surface area contributed by atoms with Crippen LogP contribution in [0.3, 0.4) is 0 Å². The van der Waals surface area contributed by atoms with E-state index >= 15 is 0 Å². The largest absolute Gasteiger partial charge is 0.504 e. The van der Waals surface area contributed by atoms with E-state index in [1.165, 1.54) is 14.2 Å². The summed E-state index contributed by atoms with van der Waals surface area (Å²) in [5.41, 5.74) is 6.38. The van der Waals surface area contributed by atoms with Gasteiger partial charge in [0.25, 0.3) is 0 Å². The number of anilines is 1. The third kappa shape index (κ3) is 1.91. The molecule has 96 valence electrons. The molecule has 0 saturated carbocycles. The number of rotatable bonds is 3. The van der Waals surface area contributed by atoms with Crippen molar-refractivity contribution in [1.82, 2.24) is 10.2 Å². The summed E-state index contributed by atoms with van der Waals surface area (Å²) in [4.78, 5) is 0. The van der Waals surface area contributed by atoms with Crippen LogP contribution in [0.15, 0.2) is 12.1 Å². The minimum absolute atomic E-state index is 0.134. The number of aromatic amines is 1. The van der Waals surface area contributed by atoms with Gasteiger partial charge in [0.2, 0.25) is 5.75 Å². The Morgan fingerprint density at radius 2 is 2.06 bits per heavy atom. The van der Waals surface area contributed by atoms with Crippen LogP contribution in [0.4, 0.5) is 5.82 Å². The third-order valence-corrected chi connectivity index (χ3v) is 2.76. The normalized spacial score (nSPS) is 10.4. The Morgan fingerprint density at radius 1 is 1.33 bits per heavy atom. The maximum absolute atomic E-state index is 10.2. The molecule has 7 heteroatoms. The zero-order chi connectivity index (χ0) is 13.3. The summed E-state index contributed by atoms with van der Waals surface area (Å²) in [7, 11) is 2.89. The fourth-order valence-corrected chi connectivity index (χ4v) is 1.96. The van der Waals surface area contributed by atoms with Crippen molar-refractivity contribution < 1.29 is 14.6 Å². The molecule has 1 aromatic heterocycles. The van der Waals surface area contributed by atoms with E-state index in [1.807, 2.05) is 0 Å². The van der Waals surface area contributed by atoms with Crippen molar-refractivity contribution in [2.24, 2.45) is 0 Å². The summed E-state index contributed by atoms with van der Waals surface area (Å²) in [5, 5.41) is 16.9. The van der Waals surface area contributed by atoms with Crippen molar-refractivity contribution >= 4 is 17.4 Å². The number of hydrogen-bond donors (Lipinski definition) is 3. The number of aromatic nitrogens is 2. The molecule has 18 heavy (non-hydrogen) atoms. The molecule has 0 amide bonds. The number of nitrogens with one attached hydrogen (secondary N) is 1. The van der Waals surface area contributed by atoms with E-state index in [4.69, 9.17) is 26.8 Å². The number of methoxy groups -OCH3 is 2. The second-order valence-electron chi connectivity index (χ2n) is 3.52. The van der Waals surface area contributed by atoms with Crippen LogP contribution in [0.2, 0.25) is 5.02 Å². The number of nitrogens with zero attached hydrogens (tertiary/aromatic N) is 1. The number of hydrogen-bond acceptors (Lipinski definition) is 5. The Bertz CT molecular complexity index is 583. The Kier molecular flexibility index (Phi) is 3.20. The predicted molar refractivity (Wildman–Crippen MR) is 68.2 cm³/mol. The zero-order valence-corrected chi connectivity index (χ0v) is 10.6. The molecule has 0 radical (unpaired) electrons. The minimum Gasteiger partial charge on any atom is -0.504 e.